The predicted molar refractivity (Wildman–Crippen MR) is 60.8 cm³/mol. The molecule has 1 rings (SSSR count). The molecule has 1 nitrogen and oxygen atoms in total. The van der Waals surface area contributed by atoms with Crippen LogP contribution in [0, 0.1) is 0 Å². The number of hydrogen-bond acceptors (Lipinski definition) is 1. The second kappa shape index (κ2) is 11.3. The Morgan fingerprint density at radius 2 is 1.69 bits per heavy atom. The van der Waals surface area contributed by atoms with Crippen LogP contribution in [0.1, 0.15) is 47.0 Å². The second-order valence-corrected chi connectivity index (χ2v) is 2.69. The standard InChI is InChI=1S/C7H10O.C3H8.C2H6/c1-6-4-3-5-8-7(6)2;1-3-2;1-2/h1-5H2;3H2,1-2H3;1-2H3. The Bertz CT molecular complexity index is 120. The molecule has 0 aromatic heterocycles. The number of allylic oxidation sites excluding steroid dienone is 1. The van der Waals surface area contributed by atoms with E-state index in [0.717, 1.165) is 30.8 Å². The van der Waals surface area contributed by atoms with Gasteiger partial charge in [-0.05, 0) is 18.4 Å². The monoisotopic (exact) mass is 184 g/mol. The van der Waals surface area contributed by atoms with Crippen molar-refractivity contribution in [1.82, 2.24) is 0 Å². The van der Waals surface area contributed by atoms with Gasteiger partial charge in [-0.3, -0.25) is 0 Å². The summed E-state index contributed by atoms with van der Waals surface area (Å²) in [4.78, 5) is 0. The van der Waals surface area contributed by atoms with E-state index in [-0.39, 0.29) is 0 Å². The summed E-state index contributed by atoms with van der Waals surface area (Å²) in [5, 5.41) is 0. The van der Waals surface area contributed by atoms with Gasteiger partial charge in [-0.25, -0.2) is 0 Å². The van der Waals surface area contributed by atoms with Gasteiger partial charge in [-0.1, -0.05) is 47.3 Å². The molecule has 0 aromatic carbocycles. The van der Waals surface area contributed by atoms with E-state index in [4.69, 9.17) is 4.74 Å². The third kappa shape index (κ3) is 9.19. The molecule has 1 heteroatoms. The number of rotatable bonds is 0. The minimum Gasteiger partial charge on any atom is -0.494 e. The van der Waals surface area contributed by atoms with Crippen molar-refractivity contribution in [1.29, 1.82) is 0 Å². The van der Waals surface area contributed by atoms with Gasteiger partial charge in [-0.15, -0.1) is 0 Å². The van der Waals surface area contributed by atoms with Crippen molar-refractivity contribution in [3.63, 3.8) is 0 Å². The third-order valence-electron chi connectivity index (χ3n) is 1.29. The van der Waals surface area contributed by atoms with Crippen molar-refractivity contribution in [3.8, 4) is 0 Å². The van der Waals surface area contributed by atoms with Crippen LogP contribution >= 0.6 is 0 Å². The summed E-state index contributed by atoms with van der Waals surface area (Å²) in [5.41, 5.74) is 1.05. The Labute approximate surface area is 83.5 Å². The number of hydrogen-bond donors (Lipinski definition) is 0. The van der Waals surface area contributed by atoms with Crippen molar-refractivity contribution < 1.29 is 4.74 Å². The van der Waals surface area contributed by atoms with E-state index < -0.39 is 0 Å². The smallest absolute Gasteiger partial charge is 0.114 e. The molecule has 1 fully saturated rings. The summed E-state index contributed by atoms with van der Waals surface area (Å²) < 4.78 is 5.10. The van der Waals surface area contributed by atoms with Gasteiger partial charge in [0.25, 0.3) is 0 Å². The van der Waals surface area contributed by atoms with Gasteiger partial charge in [-0.2, -0.15) is 0 Å². The van der Waals surface area contributed by atoms with Crippen LogP contribution in [0.15, 0.2) is 24.5 Å². The van der Waals surface area contributed by atoms with Crippen LogP contribution in [0.2, 0.25) is 0 Å². The lowest BCUT2D eigenvalue weighted by atomic mass is 10.1. The molecule has 78 valence electrons. The summed E-state index contributed by atoms with van der Waals surface area (Å²) >= 11 is 0. The molecular formula is C12H24O. The van der Waals surface area contributed by atoms with Gasteiger partial charge < -0.3 is 4.74 Å². The summed E-state index contributed by atoms with van der Waals surface area (Å²) in [5.74, 6) is 0.774. The maximum Gasteiger partial charge on any atom is 0.114 e. The van der Waals surface area contributed by atoms with Gasteiger partial charge >= 0.3 is 0 Å². The average molecular weight is 184 g/mol. The highest BCUT2D eigenvalue weighted by Crippen LogP contribution is 2.18. The van der Waals surface area contributed by atoms with E-state index >= 15 is 0 Å². The van der Waals surface area contributed by atoms with E-state index in [1.807, 2.05) is 13.8 Å². The highest BCUT2D eigenvalue weighted by molar-refractivity contribution is 5.20. The summed E-state index contributed by atoms with van der Waals surface area (Å²) in [6, 6.07) is 0. The topological polar surface area (TPSA) is 9.23 Å². The first kappa shape index (κ1) is 14.8. The zero-order valence-corrected chi connectivity index (χ0v) is 9.65. The Hall–Kier alpha value is -0.720. The van der Waals surface area contributed by atoms with Gasteiger partial charge in [0.15, 0.2) is 0 Å². The lowest BCUT2D eigenvalue weighted by molar-refractivity contribution is 0.196. The lowest BCUT2D eigenvalue weighted by Gasteiger charge is -2.16. The zero-order valence-electron chi connectivity index (χ0n) is 9.65. The van der Waals surface area contributed by atoms with E-state index in [1.54, 1.807) is 0 Å². The third-order valence-corrected chi connectivity index (χ3v) is 1.29. The molecule has 0 atom stereocenters. The molecule has 1 aliphatic rings. The average Bonchev–Trinajstić information content (AvgIpc) is 2.15. The Balaban J connectivity index is 0. The van der Waals surface area contributed by atoms with Gasteiger partial charge in [0.1, 0.15) is 5.76 Å². The molecule has 0 radical (unpaired) electrons. The second-order valence-electron chi connectivity index (χ2n) is 2.69. The maximum absolute atomic E-state index is 5.10. The molecule has 13 heavy (non-hydrogen) atoms. The molecule has 0 unspecified atom stereocenters. The normalized spacial score (nSPS) is 14.5. The Morgan fingerprint density at radius 1 is 1.23 bits per heavy atom. The molecule has 1 saturated heterocycles. The highest BCUT2D eigenvalue weighted by atomic mass is 16.5. The van der Waals surface area contributed by atoms with Gasteiger partial charge in [0, 0.05) is 0 Å². The van der Waals surface area contributed by atoms with Crippen molar-refractivity contribution in [3.05, 3.63) is 24.5 Å². The summed E-state index contributed by atoms with van der Waals surface area (Å²) in [6.45, 7) is 16.5. The fourth-order valence-electron chi connectivity index (χ4n) is 0.722. The molecule has 0 aliphatic carbocycles. The van der Waals surface area contributed by atoms with Crippen molar-refractivity contribution in [2.45, 2.75) is 47.0 Å². The quantitative estimate of drug-likeness (QED) is 0.545. The van der Waals surface area contributed by atoms with E-state index in [1.165, 1.54) is 6.42 Å². The van der Waals surface area contributed by atoms with Gasteiger partial charge in [0.05, 0.1) is 6.61 Å². The fraction of sp³-hybridized carbons (Fsp3) is 0.667. The molecular weight excluding hydrogens is 160 g/mol. The zero-order chi connectivity index (χ0) is 10.7. The Kier molecular flexibility index (Phi) is 12.8. The summed E-state index contributed by atoms with van der Waals surface area (Å²) in [6.07, 6.45) is 3.40. The molecule has 1 heterocycles. The van der Waals surface area contributed by atoms with Crippen molar-refractivity contribution >= 4 is 0 Å². The fourth-order valence-corrected chi connectivity index (χ4v) is 0.722. The highest BCUT2D eigenvalue weighted by Gasteiger charge is 2.06. The predicted octanol–water partition coefficient (Wildman–Crippen LogP) is 4.31. The Morgan fingerprint density at radius 3 is 1.92 bits per heavy atom. The van der Waals surface area contributed by atoms with Crippen LogP contribution in [0.4, 0.5) is 0 Å². The first-order valence-electron chi connectivity index (χ1n) is 5.22. The SMILES string of the molecule is C=C1CCCOC1=C.CC.CCC. The molecule has 0 bridgehead atoms. The van der Waals surface area contributed by atoms with Gasteiger partial charge in [0.2, 0.25) is 0 Å². The van der Waals surface area contributed by atoms with Crippen LogP contribution in [0.3, 0.4) is 0 Å². The molecule has 1 aliphatic heterocycles. The van der Waals surface area contributed by atoms with E-state index in [2.05, 4.69) is 27.0 Å². The van der Waals surface area contributed by atoms with Crippen LogP contribution in [-0.4, -0.2) is 6.61 Å². The largest absolute Gasteiger partial charge is 0.494 e. The minimum absolute atomic E-state index is 0.774. The van der Waals surface area contributed by atoms with Crippen LogP contribution < -0.4 is 0 Å². The first-order chi connectivity index (χ1) is 6.22. The molecule has 0 saturated carbocycles. The molecule has 0 N–H and O–H groups in total. The van der Waals surface area contributed by atoms with E-state index in [0.29, 0.717) is 0 Å². The molecule has 0 spiro atoms. The van der Waals surface area contributed by atoms with Crippen LogP contribution in [-0.2, 0) is 4.74 Å². The molecule has 0 amide bonds. The van der Waals surface area contributed by atoms with Crippen LogP contribution in [0.5, 0.6) is 0 Å². The maximum atomic E-state index is 5.10. The lowest BCUT2D eigenvalue weighted by Crippen LogP contribution is -2.03. The minimum atomic E-state index is 0.774. The van der Waals surface area contributed by atoms with Crippen LogP contribution in [0.25, 0.3) is 0 Å². The van der Waals surface area contributed by atoms with Crippen molar-refractivity contribution in [2.75, 3.05) is 6.61 Å². The number of ether oxygens (including phenoxy) is 1. The first-order valence-corrected chi connectivity index (χ1v) is 5.22. The molecule has 0 aromatic rings. The van der Waals surface area contributed by atoms with E-state index in [9.17, 15) is 0 Å². The van der Waals surface area contributed by atoms with Crippen molar-refractivity contribution in [2.24, 2.45) is 0 Å². The summed E-state index contributed by atoms with van der Waals surface area (Å²) in [7, 11) is 0.